The van der Waals surface area contributed by atoms with Crippen molar-refractivity contribution in [3.8, 4) is 22.3 Å². The topological polar surface area (TPSA) is 0 Å². The number of allylic oxidation sites excluding steroid dienone is 2. The second-order valence-corrected chi connectivity index (χ2v) is 57.8. The fraction of sp³-hybridized carbons (Fsp3) is 0.300. The third-order valence-electron chi connectivity index (χ3n) is 10.5. The van der Waals surface area contributed by atoms with E-state index in [9.17, 15) is 0 Å². The average molecular weight is 733 g/mol. The molecule has 0 bridgehead atoms. The zero-order chi connectivity index (χ0) is 29.3. The molecular weight excluding hydrogens is 687 g/mol. The van der Waals surface area contributed by atoms with Gasteiger partial charge in [-0.05, 0) is 0 Å². The van der Waals surface area contributed by atoms with Gasteiger partial charge in [-0.1, -0.05) is 0 Å². The van der Waals surface area contributed by atoms with Crippen LogP contribution in [-0.4, -0.2) is 6.22 Å². The number of unbranched alkanes of at least 4 members (excludes halogenated alkanes) is 1. The van der Waals surface area contributed by atoms with Crippen LogP contribution in [0.25, 0.3) is 34.4 Å². The Morgan fingerprint density at radius 2 is 1.02 bits per heavy atom. The van der Waals surface area contributed by atoms with Crippen LogP contribution in [0.1, 0.15) is 74.3 Å². The molecule has 0 aromatic heterocycles. The van der Waals surface area contributed by atoms with Crippen LogP contribution in [0.15, 0.2) is 97.1 Å². The third kappa shape index (κ3) is 4.93. The molecule has 0 aliphatic heterocycles. The van der Waals surface area contributed by atoms with E-state index in [4.69, 9.17) is 0 Å². The van der Waals surface area contributed by atoms with Gasteiger partial charge in [0, 0.05) is 0 Å². The maximum atomic E-state index is 2.86. The summed E-state index contributed by atoms with van der Waals surface area (Å²) in [5.41, 5.74) is 14.7. The van der Waals surface area contributed by atoms with Crippen molar-refractivity contribution in [3.05, 3.63) is 130 Å². The molecular formula is C40H46HfSi. The monoisotopic (exact) mass is 734 g/mol. The molecule has 4 aromatic rings. The zero-order valence-electron chi connectivity index (χ0n) is 26.2. The standard InChI is InChI=1S/2C17H15.C4H10Si.2CH3.Hf/c2*1-2-13-7-3-4-10-15(13)17-12-6-9-14-8-5-11-16(14)17;1-2-3-4-5;;;/h2*3-12H,2H2,1H3;5H,2-4H2,1H3;2*1H3;. The molecule has 4 aromatic carbocycles. The van der Waals surface area contributed by atoms with E-state index in [0.717, 1.165) is 12.8 Å². The average Bonchev–Trinajstić information content (AvgIpc) is 3.67. The van der Waals surface area contributed by atoms with E-state index in [-0.39, 0.29) is 0 Å². The van der Waals surface area contributed by atoms with Gasteiger partial charge in [0.1, 0.15) is 0 Å². The molecule has 2 unspecified atom stereocenters. The van der Waals surface area contributed by atoms with Gasteiger partial charge < -0.3 is 0 Å². The summed E-state index contributed by atoms with van der Waals surface area (Å²) in [5, 5.41) is 0. The molecule has 0 nitrogen and oxygen atoms in total. The van der Waals surface area contributed by atoms with Crippen molar-refractivity contribution in [1.82, 2.24) is 0 Å². The molecule has 2 aliphatic rings. The van der Waals surface area contributed by atoms with Crippen molar-refractivity contribution in [1.29, 1.82) is 0 Å². The molecule has 0 fully saturated rings. The summed E-state index contributed by atoms with van der Waals surface area (Å²) < 4.78 is 6.89. The molecule has 2 atom stereocenters. The first-order valence-electron chi connectivity index (χ1n) is 16.2. The van der Waals surface area contributed by atoms with Crippen molar-refractivity contribution >= 4 is 18.4 Å². The van der Waals surface area contributed by atoms with Crippen LogP contribution in [0.3, 0.4) is 0 Å². The fourth-order valence-corrected chi connectivity index (χ4v) is 47.7. The predicted octanol–water partition coefficient (Wildman–Crippen LogP) is 11.3. The minimum atomic E-state index is -3.68. The van der Waals surface area contributed by atoms with Gasteiger partial charge in [-0.2, -0.15) is 0 Å². The first-order chi connectivity index (χ1) is 20.4. The fourth-order valence-electron chi connectivity index (χ4n) is 8.12. The summed E-state index contributed by atoms with van der Waals surface area (Å²) in [4.78, 5) is 0. The van der Waals surface area contributed by atoms with E-state index in [1.54, 1.807) is 11.1 Å². The first-order valence-corrected chi connectivity index (χ1v) is 35.2. The summed E-state index contributed by atoms with van der Waals surface area (Å²) in [6.07, 6.45) is 15.5. The molecule has 6 rings (SSSR count). The van der Waals surface area contributed by atoms with Crippen LogP contribution in [0, 0.1) is 0 Å². The molecule has 214 valence electrons. The molecule has 2 heteroatoms. The van der Waals surface area contributed by atoms with E-state index in [1.807, 2.05) is 0 Å². The summed E-state index contributed by atoms with van der Waals surface area (Å²) in [6, 6.07) is 33.9. The van der Waals surface area contributed by atoms with E-state index < -0.39 is 17.1 Å². The number of hydrogen-bond acceptors (Lipinski definition) is 0. The molecule has 0 saturated carbocycles. The first kappa shape index (κ1) is 29.5. The van der Waals surface area contributed by atoms with Crippen LogP contribution < -0.4 is 0 Å². The van der Waals surface area contributed by atoms with E-state index in [0.29, 0.717) is 13.6 Å². The van der Waals surface area contributed by atoms with Crippen molar-refractivity contribution in [2.45, 2.75) is 69.2 Å². The molecule has 2 aliphatic carbocycles. The van der Waals surface area contributed by atoms with Gasteiger partial charge in [-0.15, -0.1) is 0 Å². The normalized spacial score (nSPS) is 17.4. The Morgan fingerprint density at radius 1 is 0.571 bits per heavy atom. The summed E-state index contributed by atoms with van der Waals surface area (Å²) >= 11 is -3.68. The van der Waals surface area contributed by atoms with Crippen molar-refractivity contribution in [3.63, 3.8) is 0 Å². The van der Waals surface area contributed by atoms with Crippen LogP contribution in [0.5, 0.6) is 0 Å². The summed E-state index contributed by atoms with van der Waals surface area (Å²) in [5.74, 6) is 0. The number of aryl methyl sites for hydroxylation is 2. The van der Waals surface area contributed by atoms with Gasteiger partial charge in [0.15, 0.2) is 0 Å². The van der Waals surface area contributed by atoms with Crippen LogP contribution in [0.2, 0.25) is 15.4 Å². The Morgan fingerprint density at radius 3 is 1.48 bits per heavy atom. The SMILES string of the molecule is CCCC[SiH]=[Hf]([CH3])([CH3])([CH]1C=Cc2c(-c3ccccc3CC)cccc21)[CH]1C=Cc2c(-c3ccccc3CC)cccc21. The molecule has 0 spiro atoms. The Bertz CT molecular complexity index is 1640. The van der Waals surface area contributed by atoms with Crippen LogP contribution in [-0.2, 0) is 30.0 Å². The van der Waals surface area contributed by atoms with E-state index in [2.05, 4.69) is 139 Å². The zero-order valence-corrected chi connectivity index (χ0v) is 30.9. The number of benzene rings is 4. The van der Waals surface area contributed by atoms with Gasteiger partial charge in [0.2, 0.25) is 0 Å². The third-order valence-corrected chi connectivity index (χ3v) is 53.1. The van der Waals surface area contributed by atoms with Crippen LogP contribution >= 0.6 is 0 Å². The van der Waals surface area contributed by atoms with Gasteiger partial charge in [0.25, 0.3) is 0 Å². The minimum absolute atomic E-state index is 0.396. The quantitative estimate of drug-likeness (QED) is 0.119. The van der Waals surface area contributed by atoms with Crippen molar-refractivity contribution in [2.75, 3.05) is 0 Å². The number of rotatable bonds is 9. The number of fused-ring (bicyclic) bond motifs is 2. The molecule has 0 radical (unpaired) electrons. The molecule has 0 amide bonds. The summed E-state index contributed by atoms with van der Waals surface area (Å²) in [7, 11) is 0. The second kappa shape index (κ2) is 11.9. The van der Waals surface area contributed by atoms with Crippen molar-refractivity contribution in [2.24, 2.45) is 0 Å². The Hall–Kier alpha value is -2.55. The Labute approximate surface area is 255 Å². The van der Waals surface area contributed by atoms with Crippen LogP contribution in [0.4, 0.5) is 0 Å². The molecule has 0 heterocycles. The van der Waals surface area contributed by atoms with E-state index >= 15 is 0 Å². The van der Waals surface area contributed by atoms with Gasteiger partial charge >= 0.3 is 257 Å². The predicted molar refractivity (Wildman–Crippen MR) is 185 cm³/mol. The van der Waals surface area contributed by atoms with Gasteiger partial charge in [-0.25, -0.2) is 0 Å². The maximum absolute atomic E-state index is 3.68. The molecule has 42 heavy (non-hydrogen) atoms. The summed E-state index contributed by atoms with van der Waals surface area (Å²) in [6.45, 7) is 6.92. The molecule has 0 saturated heterocycles. The Balaban J connectivity index is 1.51. The second-order valence-electron chi connectivity index (χ2n) is 13.4. The van der Waals surface area contributed by atoms with Crippen molar-refractivity contribution < 1.29 is 17.1 Å². The Kier molecular flexibility index (Phi) is 8.33. The molecule has 0 N–H and O–H groups in total. The van der Waals surface area contributed by atoms with E-state index in [1.165, 1.54) is 63.4 Å². The number of hydrogen-bond donors (Lipinski definition) is 0. The van der Waals surface area contributed by atoms with Gasteiger partial charge in [-0.3, -0.25) is 0 Å². The van der Waals surface area contributed by atoms with Gasteiger partial charge in [0.05, 0.1) is 0 Å².